The molecule has 1 aliphatic rings. The molecule has 0 spiro atoms. The molecule has 6 nitrogen and oxygen atoms in total. The van der Waals surface area contributed by atoms with Crippen LogP contribution in [0.2, 0.25) is 0 Å². The van der Waals surface area contributed by atoms with E-state index in [-0.39, 0.29) is 16.6 Å². The summed E-state index contributed by atoms with van der Waals surface area (Å²) in [5.41, 5.74) is 3.92. The van der Waals surface area contributed by atoms with Crippen molar-refractivity contribution in [3.63, 3.8) is 0 Å². The highest BCUT2D eigenvalue weighted by Gasteiger charge is 2.25. The quantitative estimate of drug-likeness (QED) is 0.582. The molecule has 1 N–H and O–H groups in total. The number of piperazine rings is 1. The average Bonchev–Trinajstić information content (AvgIpc) is 2.81. The topological polar surface area (TPSA) is 69.7 Å². The highest BCUT2D eigenvalue weighted by molar-refractivity contribution is 7.92. The molecule has 0 radical (unpaired) electrons. The van der Waals surface area contributed by atoms with Gasteiger partial charge in [-0.25, -0.2) is 12.8 Å². The number of amides is 1. The van der Waals surface area contributed by atoms with E-state index < -0.39 is 10.0 Å². The van der Waals surface area contributed by atoms with E-state index in [1.165, 1.54) is 12.1 Å². The van der Waals surface area contributed by atoms with Crippen molar-refractivity contribution < 1.29 is 17.6 Å². The standard InChI is InChI=1S/C26H28FN3O3S/c1-18-9-11-22(16-20(18)3)28-34(32,33)25-17-21(10-8-19(25)2)26(31)30-14-12-29(13-15-30)24-7-5-4-6-23(24)27/h4-11,16-17,28H,12-15H2,1-3H3. The van der Waals surface area contributed by atoms with E-state index in [4.69, 9.17) is 0 Å². The zero-order chi connectivity index (χ0) is 24.5. The molecule has 0 atom stereocenters. The lowest BCUT2D eigenvalue weighted by atomic mass is 10.1. The van der Waals surface area contributed by atoms with Gasteiger partial charge < -0.3 is 9.80 Å². The number of para-hydroxylation sites is 1. The van der Waals surface area contributed by atoms with Crippen LogP contribution in [0.3, 0.4) is 0 Å². The first-order chi connectivity index (χ1) is 16.2. The van der Waals surface area contributed by atoms with Gasteiger partial charge in [-0.05, 0) is 73.9 Å². The molecule has 3 aromatic rings. The van der Waals surface area contributed by atoms with Crippen molar-refractivity contribution in [2.75, 3.05) is 35.8 Å². The molecule has 0 saturated carbocycles. The first kappa shape index (κ1) is 23.8. The van der Waals surface area contributed by atoms with Gasteiger partial charge >= 0.3 is 0 Å². The van der Waals surface area contributed by atoms with Gasteiger partial charge in [-0.2, -0.15) is 0 Å². The monoisotopic (exact) mass is 481 g/mol. The number of nitrogens with one attached hydrogen (secondary N) is 1. The number of rotatable bonds is 5. The van der Waals surface area contributed by atoms with Gasteiger partial charge in [-0.15, -0.1) is 0 Å². The van der Waals surface area contributed by atoms with Crippen molar-refractivity contribution >= 4 is 27.3 Å². The number of anilines is 2. The fourth-order valence-corrected chi connectivity index (χ4v) is 5.40. The number of nitrogens with zero attached hydrogens (tertiary/aromatic N) is 2. The minimum atomic E-state index is -3.88. The Morgan fingerprint density at radius 3 is 2.21 bits per heavy atom. The Balaban J connectivity index is 1.51. The lowest BCUT2D eigenvalue weighted by Gasteiger charge is -2.36. The number of benzene rings is 3. The van der Waals surface area contributed by atoms with E-state index in [9.17, 15) is 17.6 Å². The molecule has 178 valence electrons. The molecule has 0 unspecified atom stereocenters. The molecule has 1 fully saturated rings. The molecule has 1 amide bonds. The van der Waals surface area contributed by atoms with E-state index in [0.29, 0.717) is 48.7 Å². The van der Waals surface area contributed by atoms with Crippen molar-refractivity contribution in [3.8, 4) is 0 Å². The van der Waals surface area contributed by atoms with Crippen LogP contribution in [0.4, 0.5) is 15.8 Å². The fourth-order valence-electron chi connectivity index (χ4n) is 4.08. The Morgan fingerprint density at radius 1 is 0.853 bits per heavy atom. The molecule has 0 bridgehead atoms. The van der Waals surface area contributed by atoms with Crippen molar-refractivity contribution in [3.05, 3.63) is 88.7 Å². The Bertz CT molecular complexity index is 1330. The van der Waals surface area contributed by atoms with Gasteiger partial charge in [-0.3, -0.25) is 9.52 Å². The molecular formula is C26H28FN3O3S. The zero-order valence-electron chi connectivity index (χ0n) is 19.5. The maximum absolute atomic E-state index is 14.1. The Kier molecular flexibility index (Phi) is 6.61. The minimum Gasteiger partial charge on any atom is -0.366 e. The summed E-state index contributed by atoms with van der Waals surface area (Å²) in [6.07, 6.45) is 0. The van der Waals surface area contributed by atoms with Crippen LogP contribution < -0.4 is 9.62 Å². The summed E-state index contributed by atoms with van der Waals surface area (Å²) in [6, 6.07) is 16.7. The number of carbonyl (C=O) groups is 1. The number of carbonyl (C=O) groups excluding carboxylic acids is 1. The average molecular weight is 482 g/mol. The molecule has 1 saturated heterocycles. The summed E-state index contributed by atoms with van der Waals surface area (Å²) in [5.74, 6) is -0.525. The van der Waals surface area contributed by atoms with E-state index in [0.717, 1.165) is 11.1 Å². The number of halogens is 1. The van der Waals surface area contributed by atoms with E-state index in [1.807, 2.05) is 24.8 Å². The van der Waals surface area contributed by atoms with Gasteiger partial charge in [0.05, 0.1) is 10.6 Å². The summed E-state index contributed by atoms with van der Waals surface area (Å²) < 4.78 is 43.0. The Labute approximate surface area is 200 Å². The number of hydrogen-bond donors (Lipinski definition) is 1. The number of hydrogen-bond acceptors (Lipinski definition) is 4. The van der Waals surface area contributed by atoms with Gasteiger partial charge in [0.25, 0.3) is 15.9 Å². The third kappa shape index (κ3) is 4.92. The normalized spacial score (nSPS) is 14.2. The molecule has 0 aromatic heterocycles. The van der Waals surface area contributed by atoms with Crippen LogP contribution in [0.15, 0.2) is 65.6 Å². The van der Waals surface area contributed by atoms with Crippen molar-refractivity contribution in [1.82, 2.24) is 4.90 Å². The third-order valence-electron chi connectivity index (χ3n) is 6.24. The molecule has 8 heteroatoms. The van der Waals surface area contributed by atoms with Crippen LogP contribution in [0.5, 0.6) is 0 Å². The molecule has 3 aromatic carbocycles. The zero-order valence-corrected chi connectivity index (χ0v) is 20.3. The van der Waals surface area contributed by atoms with Crippen LogP contribution in [0.25, 0.3) is 0 Å². The molecular weight excluding hydrogens is 453 g/mol. The second-order valence-corrected chi connectivity index (χ2v) is 10.3. The highest BCUT2D eigenvalue weighted by Crippen LogP contribution is 2.24. The van der Waals surface area contributed by atoms with E-state index >= 15 is 0 Å². The van der Waals surface area contributed by atoms with Crippen molar-refractivity contribution in [1.29, 1.82) is 0 Å². The Morgan fingerprint density at radius 2 is 1.53 bits per heavy atom. The van der Waals surface area contributed by atoms with Crippen LogP contribution in [0.1, 0.15) is 27.0 Å². The first-order valence-electron chi connectivity index (χ1n) is 11.2. The second kappa shape index (κ2) is 9.46. The largest absolute Gasteiger partial charge is 0.366 e. The van der Waals surface area contributed by atoms with Crippen LogP contribution in [-0.4, -0.2) is 45.4 Å². The Hall–Kier alpha value is -3.39. The maximum atomic E-state index is 14.1. The first-order valence-corrected chi connectivity index (χ1v) is 12.6. The summed E-state index contributed by atoms with van der Waals surface area (Å²) >= 11 is 0. The fraction of sp³-hybridized carbons (Fsp3) is 0.269. The molecule has 4 rings (SSSR count). The van der Waals surface area contributed by atoms with Gasteiger partial charge in [0.1, 0.15) is 5.82 Å². The maximum Gasteiger partial charge on any atom is 0.262 e. The van der Waals surface area contributed by atoms with Gasteiger partial charge in [0.15, 0.2) is 0 Å². The SMILES string of the molecule is Cc1ccc(NS(=O)(=O)c2cc(C(=O)N3CCN(c4ccccc4F)CC3)ccc2C)cc1C. The molecule has 1 aliphatic heterocycles. The summed E-state index contributed by atoms with van der Waals surface area (Å²) in [6.45, 7) is 7.42. The van der Waals surface area contributed by atoms with Crippen LogP contribution >= 0.6 is 0 Å². The van der Waals surface area contributed by atoms with Gasteiger partial charge in [0.2, 0.25) is 0 Å². The van der Waals surface area contributed by atoms with Crippen LogP contribution in [-0.2, 0) is 10.0 Å². The van der Waals surface area contributed by atoms with Gasteiger partial charge in [-0.1, -0.05) is 24.3 Å². The molecule has 0 aliphatic carbocycles. The minimum absolute atomic E-state index is 0.0709. The number of sulfonamides is 1. The summed E-state index contributed by atoms with van der Waals surface area (Å²) in [7, 11) is -3.88. The predicted molar refractivity (Wildman–Crippen MR) is 132 cm³/mol. The lowest BCUT2D eigenvalue weighted by Crippen LogP contribution is -2.49. The second-order valence-electron chi connectivity index (χ2n) is 8.62. The molecule has 1 heterocycles. The lowest BCUT2D eigenvalue weighted by molar-refractivity contribution is 0.0746. The van der Waals surface area contributed by atoms with Crippen LogP contribution in [0, 0.1) is 26.6 Å². The summed E-state index contributed by atoms with van der Waals surface area (Å²) in [4.78, 5) is 16.8. The molecule has 34 heavy (non-hydrogen) atoms. The van der Waals surface area contributed by atoms with Crippen molar-refractivity contribution in [2.45, 2.75) is 25.7 Å². The van der Waals surface area contributed by atoms with Gasteiger partial charge in [0, 0.05) is 37.4 Å². The van der Waals surface area contributed by atoms with E-state index in [2.05, 4.69) is 4.72 Å². The van der Waals surface area contributed by atoms with Crippen molar-refractivity contribution in [2.24, 2.45) is 0 Å². The smallest absolute Gasteiger partial charge is 0.262 e. The number of aryl methyl sites for hydroxylation is 3. The third-order valence-corrected chi connectivity index (χ3v) is 7.77. The van der Waals surface area contributed by atoms with E-state index in [1.54, 1.807) is 54.3 Å². The highest BCUT2D eigenvalue weighted by atomic mass is 32.2. The predicted octanol–water partition coefficient (Wildman–Crippen LogP) is 4.51. The summed E-state index contributed by atoms with van der Waals surface area (Å²) in [5, 5.41) is 0.